The molecule has 106 valence electrons. The maximum atomic E-state index is 14.5. The lowest BCUT2D eigenvalue weighted by Crippen LogP contribution is -2.71. The molecular weight excluding hydrogens is 261 g/mol. The first-order valence-electron chi connectivity index (χ1n) is 5.37. The van der Waals surface area contributed by atoms with Crippen LogP contribution >= 0.6 is 0 Å². The van der Waals surface area contributed by atoms with Gasteiger partial charge >= 0.3 is 17.7 Å². The van der Waals surface area contributed by atoms with Gasteiger partial charge in [0.05, 0.1) is 6.61 Å². The molecule has 1 aliphatic heterocycles. The summed E-state index contributed by atoms with van der Waals surface area (Å²) in [7, 11) is 0. The number of urea groups is 1. The standard InChI is InChI=1S/C10H14FN3O5/c1-4-18-8(16)10(11)6(15)12-9(17)13-7(10)19-14-5(2)3/h7,14H,2,4H2,1,3H3,(H2,12,13,15,17). The fourth-order valence-corrected chi connectivity index (χ4v) is 1.27. The van der Waals surface area contributed by atoms with E-state index in [1.54, 1.807) is 5.32 Å². The molecule has 1 rings (SSSR count). The molecule has 0 bridgehead atoms. The number of rotatable bonds is 5. The summed E-state index contributed by atoms with van der Waals surface area (Å²) in [5.74, 6) is -2.91. The van der Waals surface area contributed by atoms with E-state index in [1.165, 1.54) is 13.8 Å². The number of amides is 3. The number of nitrogens with one attached hydrogen (secondary N) is 3. The molecule has 1 aliphatic rings. The van der Waals surface area contributed by atoms with E-state index in [2.05, 4.69) is 16.8 Å². The van der Waals surface area contributed by atoms with Crippen LogP contribution in [0.1, 0.15) is 13.8 Å². The topological polar surface area (TPSA) is 106 Å². The third-order valence-electron chi connectivity index (χ3n) is 2.10. The summed E-state index contributed by atoms with van der Waals surface area (Å²) in [6.07, 6.45) is -1.87. The molecule has 0 saturated carbocycles. The Morgan fingerprint density at radius 1 is 1.58 bits per heavy atom. The van der Waals surface area contributed by atoms with E-state index in [0.29, 0.717) is 0 Å². The van der Waals surface area contributed by atoms with Crippen molar-refractivity contribution in [3.8, 4) is 0 Å². The molecule has 3 amide bonds. The lowest BCUT2D eigenvalue weighted by Gasteiger charge is -2.33. The van der Waals surface area contributed by atoms with Gasteiger partial charge in [0.2, 0.25) is 6.23 Å². The molecule has 1 heterocycles. The zero-order valence-electron chi connectivity index (χ0n) is 10.4. The Balaban J connectivity index is 2.98. The molecular formula is C10H14FN3O5. The Hall–Kier alpha value is -2.16. The largest absolute Gasteiger partial charge is 0.463 e. The lowest BCUT2D eigenvalue weighted by atomic mass is 10.0. The average Bonchev–Trinajstić information content (AvgIpc) is 2.31. The highest BCUT2D eigenvalue weighted by Crippen LogP contribution is 2.23. The molecule has 2 unspecified atom stereocenters. The summed E-state index contributed by atoms with van der Waals surface area (Å²) in [6.45, 7) is 6.23. The van der Waals surface area contributed by atoms with Gasteiger partial charge in [0, 0.05) is 5.70 Å². The van der Waals surface area contributed by atoms with Crippen LogP contribution in [-0.4, -0.2) is 36.4 Å². The van der Waals surface area contributed by atoms with E-state index in [4.69, 9.17) is 4.84 Å². The molecule has 0 aromatic carbocycles. The fraction of sp³-hybridized carbons (Fsp3) is 0.500. The van der Waals surface area contributed by atoms with Crippen LogP contribution in [0.25, 0.3) is 0 Å². The minimum absolute atomic E-state index is 0.133. The molecule has 1 fully saturated rings. The Labute approximate surface area is 108 Å². The van der Waals surface area contributed by atoms with E-state index >= 15 is 0 Å². The maximum Gasteiger partial charge on any atom is 0.358 e. The summed E-state index contributed by atoms with van der Waals surface area (Å²) in [5.41, 5.74) is -0.733. The van der Waals surface area contributed by atoms with Crippen LogP contribution in [0.2, 0.25) is 0 Å². The second-order valence-electron chi connectivity index (χ2n) is 3.74. The van der Waals surface area contributed by atoms with Crippen molar-refractivity contribution in [2.75, 3.05) is 6.61 Å². The number of hydrogen-bond donors (Lipinski definition) is 3. The lowest BCUT2D eigenvalue weighted by molar-refractivity contribution is -0.184. The molecule has 0 aromatic heterocycles. The number of ether oxygens (including phenoxy) is 1. The van der Waals surface area contributed by atoms with Crippen molar-refractivity contribution in [1.82, 2.24) is 16.1 Å². The van der Waals surface area contributed by atoms with E-state index < -0.39 is 29.8 Å². The number of carbonyl (C=O) groups excluding carboxylic acids is 3. The molecule has 0 aliphatic carbocycles. The number of hydroxylamine groups is 1. The van der Waals surface area contributed by atoms with Gasteiger partial charge in [-0.3, -0.25) is 15.6 Å². The van der Waals surface area contributed by atoms with Gasteiger partial charge in [-0.25, -0.2) is 18.8 Å². The fourth-order valence-electron chi connectivity index (χ4n) is 1.27. The van der Waals surface area contributed by atoms with Gasteiger partial charge in [0.15, 0.2) is 0 Å². The van der Waals surface area contributed by atoms with Crippen LogP contribution in [0.4, 0.5) is 9.18 Å². The third-order valence-corrected chi connectivity index (χ3v) is 2.10. The van der Waals surface area contributed by atoms with Crippen molar-refractivity contribution in [2.24, 2.45) is 0 Å². The summed E-state index contributed by atoms with van der Waals surface area (Å²) in [4.78, 5) is 38.9. The Bertz CT molecular complexity index is 427. The number of allylic oxidation sites excluding steroid dienone is 1. The van der Waals surface area contributed by atoms with Gasteiger partial charge < -0.3 is 10.1 Å². The highest BCUT2D eigenvalue weighted by atomic mass is 19.1. The molecule has 9 heteroatoms. The van der Waals surface area contributed by atoms with Crippen LogP contribution in [0.5, 0.6) is 0 Å². The monoisotopic (exact) mass is 275 g/mol. The molecule has 2 atom stereocenters. The first-order chi connectivity index (χ1) is 8.82. The van der Waals surface area contributed by atoms with Gasteiger partial charge in [-0.15, -0.1) is 0 Å². The molecule has 0 aromatic rings. The van der Waals surface area contributed by atoms with E-state index in [1.807, 2.05) is 5.32 Å². The number of imide groups is 1. The highest BCUT2D eigenvalue weighted by Gasteiger charge is 2.60. The summed E-state index contributed by atoms with van der Waals surface area (Å²) >= 11 is 0. The maximum absolute atomic E-state index is 14.5. The van der Waals surface area contributed by atoms with Crippen molar-refractivity contribution in [1.29, 1.82) is 0 Å². The Morgan fingerprint density at radius 2 is 2.21 bits per heavy atom. The highest BCUT2D eigenvalue weighted by molar-refractivity contribution is 6.14. The third kappa shape index (κ3) is 2.99. The summed E-state index contributed by atoms with van der Waals surface area (Å²) in [6, 6.07) is -0.990. The predicted molar refractivity (Wildman–Crippen MR) is 60.0 cm³/mol. The van der Waals surface area contributed by atoms with Crippen LogP contribution in [-0.2, 0) is 19.2 Å². The van der Waals surface area contributed by atoms with Crippen LogP contribution < -0.4 is 16.1 Å². The second kappa shape index (κ2) is 5.65. The van der Waals surface area contributed by atoms with Crippen molar-refractivity contribution in [3.05, 3.63) is 12.3 Å². The summed E-state index contributed by atoms with van der Waals surface area (Å²) in [5, 5.41) is 3.59. The minimum atomic E-state index is -3.19. The number of hydrogen-bond acceptors (Lipinski definition) is 6. The zero-order chi connectivity index (χ0) is 14.6. The van der Waals surface area contributed by atoms with Crippen molar-refractivity contribution in [2.45, 2.75) is 25.7 Å². The van der Waals surface area contributed by atoms with E-state index in [0.717, 1.165) is 0 Å². The predicted octanol–water partition coefficient (Wildman–Crippen LogP) is -0.522. The van der Waals surface area contributed by atoms with Crippen molar-refractivity contribution in [3.63, 3.8) is 0 Å². The van der Waals surface area contributed by atoms with Crippen LogP contribution in [0.15, 0.2) is 12.3 Å². The number of carbonyl (C=O) groups is 3. The van der Waals surface area contributed by atoms with Gasteiger partial charge in [0.25, 0.3) is 5.91 Å². The molecule has 19 heavy (non-hydrogen) atoms. The SMILES string of the molecule is C=C(C)NOC1NC(=O)NC(=O)C1(F)C(=O)OCC. The molecule has 0 radical (unpaired) electrons. The zero-order valence-corrected chi connectivity index (χ0v) is 10.4. The molecule has 0 spiro atoms. The second-order valence-corrected chi connectivity index (χ2v) is 3.74. The van der Waals surface area contributed by atoms with Gasteiger partial charge in [-0.05, 0) is 13.8 Å². The first-order valence-corrected chi connectivity index (χ1v) is 5.37. The Kier molecular flexibility index (Phi) is 4.43. The van der Waals surface area contributed by atoms with Crippen molar-refractivity contribution < 1.29 is 28.3 Å². The molecule has 8 nitrogen and oxygen atoms in total. The number of alkyl halides is 1. The van der Waals surface area contributed by atoms with Crippen LogP contribution in [0.3, 0.4) is 0 Å². The first kappa shape index (κ1) is 14.9. The smallest absolute Gasteiger partial charge is 0.358 e. The average molecular weight is 275 g/mol. The minimum Gasteiger partial charge on any atom is -0.463 e. The number of halogens is 1. The molecule has 3 N–H and O–H groups in total. The van der Waals surface area contributed by atoms with Gasteiger partial charge in [-0.1, -0.05) is 6.58 Å². The van der Waals surface area contributed by atoms with Gasteiger partial charge in [0.1, 0.15) is 0 Å². The normalized spacial score (nSPS) is 26.2. The Morgan fingerprint density at radius 3 is 2.74 bits per heavy atom. The number of esters is 1. The van der Waals surface area contributed by atoms with Crippen LogP contribution in [0, 0.1) is 0 Å². The molecule has 1 saturated heterocycles. The van der Waals surface area contributed by atoms with E-state index in [-0.39, 0.29) is 12.3 Å². The van der Waals surface area contributed by atoms with E-state index in [9.17, 15) is 18.8 Å². The quantitative estimate of drug-likeness (QED) is 0.354. The summed E-state index contributed by atoms with van der Waals surface area (Å²) < 4.78 is 19.0. The van der Waals surface area contributed by atoms with Crippen molar-refractivity contribution >= 4 is 17.9 Å². The van der Waals surface area contributed by atoms with Gasteiger partial charge in [-0.2, -0.15) is 0 Å².